The van der Waals surface area contributed by atoms with E-state index >= 15 is 0 Å². The van der Waals surface area contributed by atoms with E-state index in [4.69, 9.17) is 5.11 Å². The Morgan fingerprint density at radius 3 is 2.74 bits per heavy atom. The molecule has 2 rings (SSSR count). The zero-order valence-corrected chi connectivity index (χ0v) is 10.5. The zero-order valence-electron chi connectivity index (χ0n) is 10.5. The molecule has 2 aromatic heterocycles. The van der Waals surface area contributed by atoms with Gasteiger partial charge in [-0.05, 0) is 24.3 Å². The highest BCUT2D eigenvalue weighted by atomic mass is 16.4. The number of aliphatic carboxylic acids is 1. The summed E-state index contributed by atoms with van der Waals surface area (Å²) in [6, 6.07) is 7.41. The van der Waals surface area contributed by atoms with E-state index in [2.05, 4.69) is 15.2 Å². The fraction of sp³-hybridized carbons (Fsp3) is 0.231. The van der Waals surface area contributed by atoms with Crippen LogP contribution in [0, 0.1) is 0 Å². The van der Waals surface area contributed by atoms with E-state index in [0.717, 1.165) is 11.3 Å². The summed E-state index contributed by atoms with van der Waals surface area (Å²) >= 11 is 0. The van der Waals surface area contributed by atoms with Crippen LogP contribution in [-0.4, -0.2) is 39.8 Å². The molecule has 0 bridgehead atoms. The summed E-state index contributed by atoms with van der Waals surface area (Å²) in [6.45, 7) is 0.399. The molecule has 98 valence electrons. The normalized spacial score (nSPS) is 10.2. The number of carboxylic acid groups (broad SMARTS) is 1. The van der Waals surface area contributed by atoms with Crippen molar-refractivity contribution in [2.24, 2.45) is 0 Å². The van der Waals surface area contributed by atoms with Crippen LogP contribution < -0.4 is 4.90 Å². The molecule has 0 aliphatic rings. The van der Waals surface area contributed by atoms with Gasteiger partial charge in [0.2, 0.25) is 0 Å². The van der Waals surface area contributed by atoms with E-state index in [1.54, 1.807) is 24.3 Å². The standard InChI is InChI=1S/C13H14N4O2/c1-17(8-6-13(18)19)12-5-4-11(15-16-12)10-3-2-7-14-9-10/h2-5,7,9H,6,8H2,1H3,(H,18,19). The Bertz CT molecular complexity index is 542. The topological polar surface area (TPSA) is 79.2 Å². The van der Waals surface area contributed by atoms with Crippen molar-refractivity contribution in [3.05, 3.63) is 36.7 Å². The maximum absolute atomic E-state index is 10.5. The molecule has 2 heterocycles. The third kappa shape index (κ3) is 3.48. The summed E-state index contributed by atoms with van der Waals surface area (Å²) in [5.74, 6) is -0.180. The van der Waals surface area contributed by atoms with E-state index in [9.17, 15) is 4.79 Å². The predicted molar refractivity (Wildman–Crippen MR) is 70.8 cm³/mol. The number of aromatic nitrogens is 3. The first-order chi connectivity index (χ1) is 9.16. The van der Waals surface area contributed by atoms with Crippen LogP contribution in [0.4, 0.5) is 5.82 Å². The number of anilines is 1. The molecule has 0 saturated heterocycles. The quantitative estimate of drug-likeness (QED) is 0.874. The van der Waals surface area contributed by atoms with Gasteiger partial charge in [0.1, 0.15) is 0 Å². The number of hydrogen-bond acceptors (Lipinski definition) is 5. The largest absolute Gasteiger partial charge is 0.481 e. The van der Waals surface area contributed by atoms with Crippen LogP contribution in [0.1, 0.15) is 6.42 Å². The van der Waals surface area contributed by atoms with Gasteiger partial charge in [0.05, 0.1) is 12.1 Å². The van der Waals surface area contributed by atoms with Gasteiger partial charge >= 0.3 is 5.97 Å². The number of carbonyl (C=O) groups is 1. The third-order valence-corrected chi connectivity index (χ3v) is 2.66. The molecule has 0 aromatic carbocycles. The van der Waals surface area contributed by atoms with Crippen LogP contribution in [0.2, 0.25) is 0 Å². The molecule has 0 atom stereocenters. The Kier molecular flexibility index (Phi) is 4.02. The Morgan fingerprint density at radius 1 is 1.32 bits per heavy atom. The van der Waals surface area contributed by atoms with Gasteiger partial charge in [-0.25, -0.2) is 0 Å². The van der Waals surface area contributed by atoms with Gasteiger partial charge in [-0.1, -0.05) is 0 Å². The molecule has 2 aromatic rings. The Morgan fingerprint density at radius 2 is 2.16 bits per heavy atom. The summed E-state index contributed by atoms with van der Waals surface area (Å²) in [5.41, 5.74) is 1.64. The van der Waals surface area contributed by atoms with Crippen LogP contribution in [0.25, 0.3) is 11.3 Å². The van der Waals surface area contributed by atoms with Gasteiger partial charge in [0, 0.05) is 31.5 Å². The van der Waals surface area contributed by atoms with Gasteiger partial charge in [0.15, 0.2) is 5.82 Å². The van der Waals surface area contributed by atoms with Crippen molar-refractivity contribution in [3.63, 3.8) is 0 Å². The lowest BCUT2D eigenvalue weighted by molar-refractivity contribution is -0.136. The predicted octanol–water partition coefficient (Wildman–Crippen LogP) is 1.45. The number of hydrogen-bond donors (Lipinski definition) is 1. The van der Waals surface area contributed by atoms with Gasteiger partial charge < -0.3 is 10.0 Å². The average Bonchev–Trinajstić information content (AvgIpc) is 2.46. The molecule has 19 heavy (non-hydrogen) atoms. The lowest BCUT2D eigenvalue weighted by atomic mass is 10.2. The average molecular weight is 258 g/mol. The highest BCUT2D eigenvalue weighted by Gasteiger charge is 2.06. The van der Waals surface area contributed by atoms with Crippen LogP contribution >= 0.6 is 0 Å². The van der Waals surface area contributed by atoms with Gasteiger partial charge in [-0.3, -0.25) is 9.78 Å². The molecule has 0 aliphatic heterocycles. The Hall–Kier alpha value is -2.50. The minimum absolute atomic E-state index is 0.0720. The van der Waals surface area contributed by atoms with Crippen LogP contribution in [0.3, 0.4) is 0 Å². The second-order valence-corrected chi connectivity index (χ2v) is 4.08. The van der Waals surface area contributed by atoms with E-state index in [0.29, 0.717) is 12.4 Å². The third-order valence-electron chi connectivity index (χ3n) is 2.66. The van der Waals surface area contributed by atoms with Crippen LogP contribution in [-0.2, 0) is 4.79 Å². The fourth-order valence-corrected chi connectivity index (χ4v) is 1.57. The minimum Gasteiger partial charge on any atom is -0.481 e. The summed E-state index contributed by atoms with van der Waals surface area (Å²) in [7, 11) is 1.79. The van der Waals surface area contributed by atoms with E-state index in [1.165, 1.54) is 0 Å². The molecular formula is C13H14N4O2. The van der Waals surface area contributed by atoms with Gasteiger partial charge in [0.25, 0.3) is 0 Å². The molecule has 0 aliphatic carbocycles. The summed E-state index contributed by atoms with van der Waals surface area (Å²) in [4.78, 5) is 16.3. The molecule has 1 N–H and O–H groups in total. The smallest absolute Gasteiger partial charge is 0.305 e. The molecule has 0 radical (unpaired) electrons. The van der Waals surface area contributed by atoms with E-state index in [-0.39, 0.29) is 6.42 Å². The van der Waals surface area contributed by atoms with Crippen molar-refractivity contribution >= 4 is 11.8 Å². The maximum Gasteiger partial charge on any atom is 0.305 e. The lowest BCUT2D eigenvalue weighted by Crippen LogP contribution is -2.22. The van der Waals surface area contributed by atoms with Crippen molar-refractivity contribution in [2.75, 3.05) is 18.5 Å². The zero-order chi connectivity index (χ0) is 13.7. The van der Waals surface area contributed by atoms with Crippen molar-refractivity contribution < 1.29 is 9.90 Å². The van der Waals surface area contributed by atoms with Gasteiger partial charge in [-0.2, -0.15) is 0 Å². The van der Waals surface area contributed by atoms with E-state index in [1.807, 2.05) is 24.3 Å². The second-order valence-electron chi connectivity index (χ2n) is 4.08. The summed E-state index contributed by atoms with van der Waals surface area (Å²) in [5, 5.41) is 16.8. The molecule has 0 saturated carbocycles. The number of pyridine rings is 1. The van der Waals surface area contributed by atoms with Crippen molar-refractivity contribution in [2.45, 2.75) is 6.42 Å². The summed E-state index contributed by atoms with van der Waals surface area (Å²) < 4.78 is 0. The van der Waals surface area contributed by atoms with Crippen LogP contribution in [0.15, 0.2) is 36.7 Å². The molecule has 0 spiro atoms. The molecular weight excluding hydrogens is 244 g/mol. The molecule has 6 nitrogen and oxygen atoms in total. The lowest BCUT2D eigenvalue weighted by Gasteiger charge is -2.16. The minimum atomic E-state index is -0.827. The number of rotatable bonds is 5. The highest BCUT2D eigenvalue weighted by molar-refractivity contribution is 5.67. The SMILES string of the molecule is CN(CCC(=O)O)c1ccc(-c2cccnc2)nn1. The second kappa shape index (κ2) is 5.90. The monoisotopic (exact) mass is 258 g/mol. The molecule has 0 fully saturated rings. The number of carboxylic acids is 1. The van der Waals surface area contributed by atoms with E-state index < -0.39 is 5.97 Å². The first kappa shape index (κ1) is 12.9. The summed E-state index contributed by atoms with van der Waals surface area (Å²) in [6.07, 6.45) is 3.49. The van der Waals surface area contributed by atoms with Gasteiger partial charge in [-0.15, -0.1) is 10.2 Å². The van der Waals surface area contributed by atoms with Crippen molar-refractivity contribution in [3.8, 4) is 11.3 Å². The first-order valence-corrected chi connectivity index (χ1v) is 5.84. The highest BCUT2D eigenvalue weighted by Crippen LogP contribution is 2.16. The number of nitrogens with zero attached hydrogens (tertiary/aromatic N) is 4. The van der Waals surface area contributed by atoms with Crippen molar-refractivity contribution in [1.82, 2.24) is 15.2 Å². The molecule has 0 unspecified atom stereocenters. The maximum atomic E-state index is 10.5. The van der Waals surface area contributed by atoms with Crippen LogP contribution in [0.5, 0.6) is 0 Å². The Labute approximate surface area is 110 Å². The molecule has 0 amide bonds. The molecule has 6 heteroatoms. The first-order valence-electron chi connectivity index (χ1n) is 5.84. The Balaban J connectivity index is 2.08. The van der Waals surface area contributed by atoms with Crippen molar-refractivity contribution in [1.29, 1.82) is 0 Å². The fourth-order valence-electron chi connectivity index (χ4n) is 1.57.